The van der Waals surface area contributed by atoms with Crippen molar-refractivity contribution < 1.29 is 14.3 Å². The summed E-state index contributed by atoms with van der Waals surface area (Å²) in [7, 11) is 3.36. The summed E-state index contributed by atoms with van der Waals surface area (Å²) in [5.74, 6) is 0.402. The number of aromatic amines is 1. The van der Waals surface area contributed by atoms with Gasteiger partial charge in [-0.05, 0) is 41.0 Å². The summed E-state index contributed by atoms with van der Waals surface area (Å²) in [5.41, 5.74) is 4.24. The molecule has 1 N–H and O–H groups in total. The van der Waals surface area contributed by atoms with E-state index in [1.54, 1.807) is 25.1 Å². The molecule has 4 aromatic rings. The van der Waals surface area contributed by atoms with Gasteiger partial charge in [0.25, 0.3) is 5.91 Å². The molecule has 35 heavy (non-hydrogen) atoms. The van der Waals surface area contributed by atoms with Crippen molar-refractivity contribution in [3.63, 3.8) is 0 Å². The number of aromatic nitrogens is 1. The van der Waals surface area contributed by atoms with Gasteiger partial charge in [0.05, 0.1) is 0 Å². The minimum atomic E-state index is -0.565. The number of carbonyl (C=O) groups excluding carboxylic acids is 2. The first kappa shape index (κ1) is 22.5. The Morgan fingerprint density at radius 2 is 1.71 bits per heavy atom. The molecular weight excluding hydrogens is 438 g/mol. The lowest BCUT2D eigenvalue weighted by Crippen LogP contribution is -2.56. The summed E-state index contributed by atoms with van der Waals surface area (Å²) in [6.07, 6.45) is 4.11. The molecule has 0 spiro atoms. The maximum absolute atomic E-state index is 13.3. The zero-order valence-corrected chi connectivity index (χ0v) is 19.8. The number of benzene rings is 3. The fraction of sp³-hybridized carbons (Fsp3) is 0.172. The van der Waals surface area contributed by atoms with Gasteiger partial charge in [-0.25, -0.2) is 0 Å². The van der Waals surface area contributed by atoms with E-state index in [2.05, 4.69) is 4.98 Å². The van der Waals surface area contributed by atoms with E-state index in [0.717, 1.165) is 27.6 Å². The predicted octanol–water partition coefficient (Wildman–Crippen LogP) is 4.63. The van der Waals surface area contributed by atoms with Crippen LogP contribution in [0.15, 0.2) is 90.8 Å². The topological polar surface area (TPSA) is 65.6 Å². The van der Waals surface area contributed by atoms with Gasteiger partial charge < -0.3 is 19.5 Å². The van der Waals surface area contributed by atoms with Crippen LogP contribution in [0.25, 0.3) is 17.0 Å². The van der Waals surface area contributed by atoms with Crippen LogP contribution < -0.4 is 4.74 Å². The predicted molar refractivity (Wildman–Crippen MR) is 137 cm³/mol. The number of ether oxygens (including phenoxy) is 1. The second-order valence-electron chi connectivity index (χ2n) is 8.77. The van der Waals surface area contributed by atoms with Crippen molar-refractivity contribution in [3.8, 4) is 5.75 Å². The number of nitrogens with zero attached hydrogens (tertiary/aromatic N) is 2. The summed E-state index contributed by atoms with van der Waals surface area (Å²) in [6, 6.07) is 24.9. The minimum absolute atomic E-state index is 0.111. The van der Waals surface area contributed by atoms with Gasteiger partial charge in [0, 0.05) is 37.6 Å². The van der Waals surface area contributed by atoms with Gasteiger partial charge in [0.2, 0.25) is 5.91 Å². The molecule has 0 bridgehead atoms. The second-order valence-corrected chi connectivity index (χ2v) is 8.77. The van der Waals surface area contributed by atoms with Crippen LogP contribution in [0.2, 0.25) is 0 Å². The molecule has 6 heteroatoms. The van der Waals surface area contributed by atoms with Crippen LogP contribution in [-0.2, 0) is 22.6 Å². The number of fused-ring (bicyclic) bond motifs is 1. The quantitative estimate of drug-likeness (QED) is 0.422. The summed E-state index contributed by atoms with van der Waals surface area (Å²) in [4.78, 5) is 32.9. The lowest BCUT2D eigenvalue weighted by molar-refractivity contribution is -0.148. The molecule has 6 nitrogen and oxygen atoms in total. The van der Waals surface area contributed by atoms with E-state index in [1.807, 2.05) is 85.1 Å². The van der Waals surface area contributed by atoms with Crippen molar-refractivity contribution in [2.45, 2.75) is 19.1 Å². The first-order chi connectivity index (χ1) is 17.0. The van der Waals surface area contributed by atoms with Crippen LogP contribution in [-0.4, -0.2) is 46.7 Å². The summed E-state index contributed by atoms with van der Waals surface area (Å²) < 4.78 is 5.92. The smallest absolute Gasteiger partial charge is 0.271 e. The third-order valence-electron chi connectivity index (χ3n) is 6.48. The third kappa shape index (κ3) is 4.55. The van der Waals surface area contributed by atoms with Crippen molar-refractivity contribution in [1.29, 1.82) is 0 Å². The highest BCUT2D eigenvalue weighted by atomic mass is 16.5. The Hall–Kier alpha value is -4.32. The SMILES string of the molecule is CN1C(=O)C(Cc2c[nH]c3ccccc23)N(C)C(=O)/C1=C\c1cccc(OCc2ccccc2)c1. The molecule has 0 radical (unpaired) electrons. The number of para-hydroxylation sites is 1. The molecule has 2 heterocycles. The molecule has 0 saturated carbocycles. The van der Waals surface area contributed by atoms with E-state index in [-0.39, 0.29) is 11.8 Å². The molecule has 0 aliphatic carbocycles. The Morgan fingerprint density at radius 1 is 0.943 bits per heavy atom. The van der Waals surface area contributed by atoms with Crippen LogP contribution in [0.1, 0.15) is 16.7 Å². The second kappa shape index (κ2) is 9.50. The fourth-order valence-electron chi connectivity index (χ4n) is 4.46. The van der Waals surface area contributed by atoms with Crippen LogP contribution in [0, 0.1) is 0 Å². The number of H-pyrrole nitrogens is 1. The highest BCUT2D eigenvalue weighted by Crippen LogP contribution is 2.27. The van der Waals surface area contributed by atoms with Crippen LogP contribution >= 0.6 is 0 Å². The maximum atomic E-state index is 13.3. The molecule has 1 unspecified atom stereocenters. The Morgan fingerprint density at radius 3 is 2.54 bits per heavy atom. The zero-order valence-electron chi connectivity index (χ0n) is 19.8. The molecule has 1 saturated heterocycles. The average molecular weight is 466 g/mol. The van der Waals surface area contributed by atoms with Gasteiger partial charge in [0.15, 0.2) is 0 Å². The van der Waals surface area contributed by atoms with Crippen LogP contribution in [0.5, 0.6) is 5.75 Å². The van der Waals surface area contributed by atoms with Crippen molar-refractivity contribution in [1.82, 2.24) is 14.8 Å². The highest BCUT2D eigenvalue weighted by molar-refractivity contribution is 6.07. The Kier molecular flexibility index (Phi) is 6.10. The first-order valence-corrected chi connectivity index (χ1v) is 11.6. The molecule has 1 aliphatic heterocycles. The number of hydrogen-bond acceptors (Lipinski definition) is 3. The third-order valence-corrected chi connectivity index (χ3v) is 6.48. The first-order valence-electron chi connectivity index (χ1n) is 11.6. The number of rotatable bonds is 6. The van der Waals surface area contributed by atoms with Crippen molar-refractivity contribution in [3.05, 3.63) is 107 Å². The number of piperazine rings is 1. The molecular formula is C29H27N3O3. The average Bonchev–Trinajstić information content (AvgIpc) is 3.30. The normalized spacial score (nSPS) is 17.4. The standard InChI is InChI=1S/C29H27N3O3/c1-31-26(16-21-11-8-12-23(15-21)35-19-20-9-4-3-5-10-20)28(33)32(2)27(29(31)34)17-22-18-30-25-14-7-6-13-24(22)25/h3-16,18,27,30H,17,19H2,1-2H3/b26-16+. The number of nitrogens with one attached hydrogen (secondary N) is 1. The van der Waals surface area contributed by atoms with Gasteiger partial charge in [-0.15, -0.1) is 0 Å². The molecule has 1 atom stereocenters. The lowest BCUT2D eigenvalue weighted by atomic mass is 9.99. The zero-order chi connectivity index (χ0) is 24.4. The molecule has 3 aromatic carbocycles. The van der Waals surface area contributed by atoms with Crippen molar-refractivity contribution in [2.24, 2.45) is 0 Å². The summed E-state index contributed by atoms with van der Waals surface area (Å²) >= 11 is 0. The van der Waals surface area contributed by atoms with E-state index < -0.39 is 6.04 Å². The lowest BCUT2D eigenvalue weighted by Gasteiger charge is -2.38. The molecule has 1 aliphatic rings. The molecule has 1 aromatic heterocycles. The van der Waals surface area contributed by atoms with Crippen molar-refractivity contribution >= 4 is 28.8 Å². The summed E-state index contributed by atoms with van der Waals surface area (Å²) in [6.45, 7) is 0.455. The minimum Gasteiger partial charge on any atom is -0.489 e. The molecule has 2 amide bonds. The van der Waals surface area contributed by atoms with E-state index in [0.29, 0.717) is 24.5 Å². The molecule has 176 valence electrons. The fourth-order valence-corrected chi connectivity index (χ4v) is 4.46. The van der Waals surface area contributed by atoms with Crippen molar-refractivity contribution in [2.75, 3.05) is 14.1 Å². The van der Waals surface area contributed by atoms with Gasteiger partial charge in [-0.3, -0.25) is 9.59 Å². The Labute approximate surface area is 204 Å². The Bertz CT molecular complexity index is 1410. The number of hydrogen-bond donors (Lipinski definition) is 1. The summed E-state index contributed by atoms with van der Waals surface area (Å²) in [5, 5.41) is 1.07. The van der Waals surface area contributed by atoms with Gasteiger partial charge in [-0.2, -0.15) is 0 Å². The monoisotopic (exact) mass is 465 g/mol. The number of likely N-dealkylation sites (N-methyl/N-ethyl adjacent to an activating group) is 2. The van der Waals surface area contributed by atoms with E-state index in [9.17, 15) is 9.59 Å². The van der Waals surface area contributed by atoms with Gasteiger partial charge in [-0.1, -0.05) is 60.7 Å². The molecule has 5 rings (SSSR count). The van der Waals surface area contributed by atoms with Gasteiger partial charge >= 0.3 is 0 Å². The number of carbonyl (C=O) groups is 2. The van der Waals surface area contributed by atoms with E-state index in [4.69, 9.17) is 4.74 Å². The van der Waals surface area contributed by atoms with E-state index >= 15 is 0 Å². The maximum Gasteiger partial charge on any atom is 0.271 e. The van der Waals surface area contributed by atoms with Gasteiger partial charge in [0.1, 0.15) is 24.1 Å². The van der Waals surface area contributed by atoms with Crippen LogP contribution in [0.4, 0.5) is 0 Å². The largest absolute Gasteiger partial charge is 0.489 e. The van der Waals surface area contributed by atoms with Crippen LogP contribution in [0.3, 0.4) is 0 Å². The molecule has 1 fully saturated rings. The van der Waals surface area contributed by atoms with E-state index in [1.165, 1.54) is 4.90 Å². The highest BCUT2D eigenvalue weighted by Gasteiger charge is 2.39. The number of amides is 2. The Balaban J connectivity index is 1.35.